The summed E-state index contributed by atoms with van der Waals surface area (Å²) in [7, 11) is 0. The lowest BCUT2D eigenvalue weighted by Crippen LogP contribution is -2.16. The summed E-state index contributed by atoms with van der Waals surface area (Å²) in [6.45, 7) is 0. The van der Waals surface area contributed by atoms with Gasteiger partial charge in [-0.3, -0.25) is 0 Å². The number of fused-ring (bicyclic) bond motifs is 12. The minimum absolute atomic E-state index is 0.200. The van der Waals surface area contributed by atoms with Gasteiger partial charge in [-0.25, -0.2) is 0 Å². The maximum atomic E-state index is 14.0. The summed E-state index contributed by atoms with van der Waals surface area (Å²) in [5, 5.41) is 44.9. The van der Waals surface area contributed by atoms with E-state index in [4.69, 9.17) is 0 Å². The van der Waals surface area contributed by atoms with Crippen molar-refractivity contribution in [2.75, 3.05) is 0 Å². The van der Waals surface area contributed by atoms with Crippen LogP contribution in [0.5, 0.6) is 0 Å². The summed E-state index contributed by atoms with van der Waals surface area (Å²) in [6.07, 6.45) is 0. The van der Waals surface area contributed by atoms with E-state index in [2.05, 4.69) is 425 Å². The zero-order chi connectivity index (χ0) is 78.5. The molecule has 0 aliphatic rings. The molecular weight excluding hydrogens is 1430 g/mol. The van der Waals surface area contributed by atoms with Crippen molar-refractivity contribution in [2.24, 2.45) is 0 Å². The van der Waals surface area contributed by atoms with Crippen LogP contribution in [0.4, 0.5) is 0 Å². The number of nitriles is 3. The van der Waals surface area contributed by atoms with Crippen LogP contribution < -0.4 is 0 Å². The molecule has 0 unspecified atom stereocenters. The number of aromatic nitrogens is 4. The fourth-order valence-electron chi connectivity index (χ4n) is 18.4. The molecule has 22 rings (SSSR count). The molecule has 0 fully saturated rings. The van der Waals surface area contributed by atoms with E-state index < -0.39 is 0 Å². The van der Waals surface area contributed by atoms with E-state index in [9.17, 15) is 15.8 Å². The molecule has 0 saturated carbocycles. The quantitative estimate of drug-likeness (QED) is 0.115. The molecule has 0 radical (unpaired) electrons. The summed E-state index contributed by atoms with van der Waals surface area (Å²) in [5.74, 6) is 0. The van der Waals surface area contributed by atoms with Gasteiger partial charge in [0.2, 0.25) is 0 Å². The molecule has 0 atom stereocenters. The van der Waals surface area contributed by atoms with Gasteiger partial charge in [-0.2, -0.15) is 15.8 Å². The van der Waals surface area contributed by atoms with Crippen molar-refractivity contribution in [3.8, 4) is 141 Å². The summed E-state index contributed by atoms with van der Waals surface area (Å²) < 4.78 is 9.59. The van der Waals surface area contributed by atoms with E-state index in [1.165, 1.54) is 0 Å². The minimum Gasteiger partial charge on any atom is -0.306 e. The van der Waals surface area contributed by atoms with Gasteiger partial charge >= 0.3 is 0 Å². The van der Waals surface area contributed by atoms with E-state index in [1.807, 2.05) is 12.1 Å². The van der Waals surface area contributed by atoms with Crippen LogP contribution in [0, 0.1) is 34.0 Å². The van der Waals surface area contributed by atoms with Gasteiger partial charge in [0.05, 0.1) is 78.0 Å². The Hall–Kier alpha value is -16.4. The van der Waals surface area contributed by atoms with Crippen LogP contribution in [-0.2, 0) is 0 Å². The lowest BCUT2D eigenvalue weighted by Gasteiger charge is -2.29. The van der Waals surface area contributed by atoms with Crippen LogP contribution in [0.1, 0.15) is 16.7 Å². The van der Waals surface area contributed by atoms with Crippen molar-refractivity contribution in [1.29, 1.82) is 15.8 Å². The Morgan fingerprint density at radius 2 is 0.339 bits per heavy atom. The number of hydrogen-bond acceptors (Lipinski definition) is 3. The molecular formula is C111H67N7. The second-order valence-electron chi connectivity index (χ2n) is 30.4. The van der Waals surface area contributed by atoms with E-state index in [0.29, 0.717) is 39.4 Å². The molecule has 18 aromatic carbocycles. The predicted molar refractivity (Wildman–Crippen MR) is 487 cm³/mol. The van der Waals surface area contributed by atoms with Crippen molar-refractivity contribution in [3.63, 3.8) is 0 Å². The highest BCUT2D eigenvalue weighted by Gasteiger charge is 2.36. The summed E-state index contributed by atoms with van der Waals surface area (Å²) in [6, 6.07) is 153. The molecule has 0 N–H and O–H groups in total. The lowest BCUT2D eigenvalue weighted by molar-refractivity contribution is 1.04. The number of rotatable bonds is 13. The first-order valence-electron chi connectivity index (χ1n) is 39.8. The molecule has 7 heteroatoms. The van der Waals surface area contributed by atoms with Crippen LogP contribution in [0.2, 0.25) is 0 Å². The zero-order valence-corrected chi connectivity index (χ0v) is 63.8. The van der Waals surface area contributed by atoms with Crippen LogP contribution in [0.3, 0.4) is 0 Å². The molecule has 0 amide bonds. The zero-order valence-electron chi connectivity index (χ0n) is 63.8. The molecule has 118 heavy (non-hydrogen) atoms. The van der Waals surface area contributed by atoms with Gasteiger partial charge in [-0.1, -0.05) is 297 Å². The molecule has 0 aliphatic heterocycles. The number of nitrogens with zero attached hydrogens (tertiary/aromatic N) is 7. The largest absolute Gasteiger partial charge is 0.306 e. The van der Waals surface area contributed by atoms with Gasteiger partial charge in [0.15, 0.2) is 0 Å². The van der Waals surface area contributed by atoms with E-state index in [1.54, 1.807) is 6.07 Å². The molecule has 4 aromatic heterocycles. The molecule has 0 spiro atoms. The van der Waals surface area contributed by atoms with Gasteiger partial charge < -0.3 is 18.3 Å². The van der Waals surface area contributed by atoms with Crippen LogP contribution in [-0.4, -0.2) is 18.3 Å². The first-order valence-corrected chi connectivity index (χ1v) is 39.8. The van der Waals surface area contributed by atoms with E-state index >= 15 is 0 Å². The average molecular weight is 1500 g/mol. The third-order valence-corrected chi connectivity index (χ3v) is 23.9. The smallest absolute Gasteiger partial charge is 0.104 e. The summed E-state index contributed by atoms with van der Waals surface area (Å²) in [5.41, 5.74) is 28.4. The van der Waals surface area contributed by atoms with Crippen molar-refractivity contribution in [3.05, 3.63) is 423 Å². The third-order valence-electron chi connectivity index (χ3n) is 23.9. The maximum absolute atomic E-state index is 14.0. The Morgan fingerprint density at radius 1 is 0.153 bits per heavy atom. The lowest BCUT2D eigenvalue weighted by atomic mass is 9.91. The van der Waals surface area contributed by atoms with Crippen LogP contribution in [0.25, 0.3) is 210 Å². The molecule has 546 valence electrons. The molecule has 4 heterocycles. The van der Waals surface area contributed by atoms with Crippen molar-refractivity contribution < 1.29 is 0 Å². The Balaban J connectivity index is 1.02. The standard InChI is InChI=1S/C111H67N7/c112-68-88-42-41-87(59-89(88)69-113)107-110(117-103-55-47-83(75-33-17-5-18-34-75)64-94(103)95-65-84(48-56-104(95)117)76-35-19-6-20-36-76)108(115-99-51-43-79(71-25-9-1-10-26-71)60-90(99)91-61-80(44-52-100(91)115)72-27-11-2-12-28-72)98(70-114)109(116-101-53-45-81(73-29-13-3-14-30-73)62-92(101)93-63-82(46-54-102(93)116)74-31-15-4-16-32-74)111(107)118-105-57-49-85(77-37-21-7-22-38-77)66-96(105)97-67-86(50-58-106(97)118)78-39-23-8-24-40-78/h1-67H. The molecule has 0 saturated heterocycles. The first kappa shape index (κ1) is 68.4. The van der Waals surface area contributed by atoms with Crippen LogP contribution in [0.15, 0.2) is 406 Å². The van der Waals surface area contributed by atoms with Gasteiger partial charge in [0.25, 0.3) is 0 Å². The second kappa shape index (κ2) is 28.1. The monoisotopic (exact) mass is 1500 g/mol. The fourth-order valence-corrected chi connectivity index (χ4v) is 18.4. The highest BCUT2D eigenvalue weighted by molar-refractivity contribution is 6.20. The molecule has 0 aliphatic carbocycles. The normalized spacial score (nSPS) is 11.5. The molecule has 22 aromatic rings. The van der Waals surface area contributed by atoms with E-state index in [0.717, 1.165) is 176 Å². The summed E-state index contributed by atoms with van der Waals surface area (Å²) >= 11 is 0. The summed E-state index contributed by atoms with van der Waals surface area (Å²) in [4.78, 5) is 0. The number of hydrogen-bond donors (Lipinski definition) is 0. The molecule has 0 bridgehead atoms. The SMILES string of the molecule is N#Cc1ccc(-c2c(-n3c4ccc(-c5ccccc5)cc4c4cc(-c5ccccc5)ccc43)c(-n3c4ccc(-c5ccccc5)cc4c4cc(-c5ccccc5)ccc43)c(C#N)c(-n3c4ccc(-c5ccccc5)cc4c4cc(-c5ccccc5)ccc43)c2-n2c3ccc(-c4ccccc4)cc3c3cc(-c4ccccc4)ccc32)cc1C#N. The topological polar surface area (TPSA) is 91.1 Å². The predicted octanol–water partition coefficient (Wildman–Crippen LogP) is 28.7. The third kappa shape index (κ3) is 11.2. The Morgan fingerprint density at radius 3 is 0.525 bits per heavy atom. The minimum atomic E-state index is 0.200. The Labute approximate surface area is 681 Å². The van der Waals surface area contributed by atoms with Crippen molar-refractivity contribution in [1.82, 2.24) is 18.3 Å². The van der Waals surface area contributed by atoms with Crippen LogP contribution >= 0.6 is 0 Å². The van der Waals surface area contributed by atoms with Gasteiger partial charge in [0.1, 0.15) is 23.8 Å². The second-order valence-corrected chi connectivity index (χ2v) is 30.4. The van der Waals surface area contributed by atoms with Gasteiger partial charge in [-0.15, -0.1) is 0 Å². The first-order chi connectivity index (χ1) is 58.4. The number of benzene rings is 18. The van der Waals surface area contributed by atoms with Gasteiger partial charge in [-0.05, 0) is 204 Å². The van der Waals surface area contributed by atoms with E-state index in [-0.39, 0.29) is 11.1 Å². The molecule has 7 nitrogen and oxygen atoms in total. The Kier molecular flexibility index (Phi) is 16.3. The van der Waals surface area contributed by atoms with Crippen molar-refractivity contribution in [2.45, 2.75) is 0 Å². The maximum Gasteiger partial charge on any atom is 0.104 e. The average Bonchev–Trinajstić information content (AvgIpc) is 1.50. The highest BCUT2D eigenvalue weighted by atomic mass is 15.1. The highest BCUT2D eigenvalue weighted by Crippen LogP contribution is 2.54. The Bertz CT molecular complexity index is 7140. The fraction of sp³-hybridized carbons (Fsp3) is 0. The van der Waals surface area contributed by atoms with Gasteiger partial charge in [0, 0.05) is 48.7 Å². The van der Waals surface area contributed by atoms with Crippen molar-refractivity contribution >= 4 is 87.2 Å².